The van der Waals surface area contributed by atoms with Crippen LogP contribution in [0.4, 0.5) is 5.69 Å². The summed E-state index contributed by atoms with van der Waals surface area (Å²) in [5.74, 6) is 1.43. The van der Waals surface area contributed by atoms with Crippen LogP contribution in [0.3, 0.4) is 0 Å². The Morgan fingerprint density at radius 3 is 2.57 bits per heavy atom. The molecule has 3 aromatic rings. The molecule has 0 spiro atoms. The van der Waals surface area contributed by atoms with E-state index in [1.54, 1.807) is 13.2 Å². The van der Waals surface area contributed by atoms with Gasteiger partial charge in [-0.3, -0.25) is 9.69 Å². The summed E-state index contributed by atoms with van der Waals surface area (Å²) in [6, 6.07) is 14.2. The number of para-hydroxylation sites is 1. The first-order valence-electron chi connectivity index (χ1n) is 9.43. The molecule has 0 radical (unpaired) electrons. The summed E-state index contributed by atoms with van der Waals surface area (Å²) in [4.78, 5) is 22.2. The molecule has 2 unspecified atom stereocenters. The van der Waals surface area contributed by atoms with E-state index in [1.807, 2.05) is 18.2 Å². The van der Waals surface area contributed by atoms with E-state index in [2.05, 4.69) is 44.1 Å². The number of carbonyl (C=O) groups excluding carboxylic acids is 1. The van der Waals surface area contributed by atoms with Gasteiger partial charge in [0.05, 0.1) is 12.3 Å². The minimum atomic E-state index is -0.301. The molecule has 8 heteroatoms. The van der Waals surface area contributed by atoms with Crippen molar-refractivity contribution in [3.05, 3.63) is 60.3 Å². The van der Waals surface area contributed by atoms with Crippen LogP contribution in [0.25, 0.3) is 0 Å². The normalized spacial score (nSPS) is 21.1. The number of benzene rings is 1. The zero-order chi connectivity index (χ0) is 19.1. The Morgan fingerprint density at radius 1 is 1.11 bits per heavy atom. The second-order valence-corrected chi connectivity index (χ2v) is 8.16. The Kier molecular flexibility index (Phi) is 4.44. The fraction of sp³-hybridized carbons (Fsp3) is 0.350. The first kappa shape index (κ1) is 17.5. The SMILES string of the molecule is Cc1nc2n(n1)C(=O)C(C(c1ccco1)N1CCN(c3ccccc3)CC1)S2. The summed E-state index contributed by atoms with van der Waals surface area (Å²) < 4.78 is 7.19. The number of aromatic nitrogens is 3. The number of carbonyl (C=O) groups is 1. The third kappa shape index (κ3) is 3.02. The number of hydrogen-bond acceptors (Lipinski definition) is 7. The highest BCUT2D eigenvalue weighted by Crippen LogP contribution is 2.41. The van der Waals surface area contributed by atoms with Gasteiger partial charge in [-0.25, -0.2) is 4.98 Å². The van der Waals surface area contributed by atoms with Gasteiger partial charge in [-0.15, -0.1) is 5.10 Å². The Hall–Kier alpha value is -2.58. The molecule has 1 saturated heterocycles. The maximum atomic E-state index is 13.0. The lowest BCUT2D eigenvalue weighted by atomic mass is 10.1. The van der Waals surface area contributed by atoms with Gasteiger partial charge in [0, 0.05) is 31.9 Å². The highest BCUT2D eigenvalue weighted by atomic mass is 32.2. The van der Waals surface area contributed by atoms with Gasteiger partial charge in [0.25, 0.3) is 5.91 Å². The predicted molar refractivity (Wildman–Crippen MR) is 107 cm³/mol. The maximum absolute atomic E-state index is 13.0. The fourth-order valence-corrected chi connectivity index (χ4v) is 5.26. The molecule has 2 atom stereocenters. The third-order valence-corrected chi connectivity index (χ3v) is 6.51. The van der Waals surface area contributed by atoms with E-state index in [0.717, 1.165) is 31.9 Å². The Bertz CT molecular complexity index is 964. The summed E-state index contributed by atoms with van der Waals surface area (Å²) in [5, 5.41) is 4.63. The van der Waals surface area contributed by atoms with E-state index in [-0.39, 0.29) is 17.2 Å². The molecule has 0 saturated carbocycles. The molecule has 5 rings (SSSR count). The van der Waals surface area contributed by atoms with Crippen LogP contribution in [0.15, 0.2) is 58.3 Å². The number of aryl methyl sites for hydroxylation is 1. The molecule has 1 aromatic carbocycles. The zero-order valence-electron chi connectivity index (χ0n) is 15.6. The predicted octanol–water partition coefficient (Wildman–Crippen LogP) is 2.86. The van der Waals surface area contributed by atoms with Crippen LogP contribution < -0.4 is 4.90 Å². The van der Waals surface area contributed by atoms with Crippen molar-refractivity contribution in [2.24, 2.45) is 0 Å². The van der Waals surface area contributed by atoms with Crippen molar-refractivity contribution in [3.8, 4) is 0 Å². The molecule has 4 heterocycles. The van der Waals surface area contributed by atoms with Gasteiger partial charge in [0.15, 0.2) is 5.16 Å². The van der Waals surface area contributed by atoms with Crippen molar-refractivity contribution < 1.29 is 9.21 Å². The van der Waals surface area contributed by atoms with Crippen LogP contribution >= 0.6 is 11.8 Å². The number of nitrogens with zero attached hydrogens (tertiary/aromatic N) is 5. The van der Waals surface area contributed by atoms with Crippen LogP contribution in [-0.2, 0) is 0 Å². The molecule has 0 amide bonds. The van der Waals surface area contributed by atoms with E-state index < -0.39 is 0 Å². The Morgan fingerprint density at radius 2 is 1.89 bits per heavy atom. The molecule has 1 fully saturated rings. The minimum Gasteiger partial charge on any atom is -0.468 e. The van der Waals surface area contributed by atoms with Gasteiger partial charge in [-0.2, -0.15) is 4.68 Å². The highest BCUT2D eigenvalue weighted by Gasteiger charge is 2.44. The van der Waals surface area contributed by atoms with E-state index in [9.17, 15) is 4.79 Å². The number of furan rings is 1. The molecule has 2 aromatic heterocycles. The maximum Gasteiger partial charge on any atom is 0.265 e. The van der Waals surface area contributed by atoms with E-state index >= 15 is 0 Å². The molecular formula is C20H21N5O2S. The summed E-state index contributed by atoms with van der Waals surface area (Å²) in [6.45, 7) is 5.35. The molecule has 0 bridgehead atoms. The van der Waals surface area contributed by atoms with E-state index in [4.69, 9.17) is 4.42 Å². The number of fused-ring (bicyclic) bond motifs is 1. The summed E-state index contributed by atoms with van der Waals surface area (Å²) in [7, 11) is 0. The number of rotatable bonds is 4. The van der Waals surface area contributed by atoms with Gasteiger partial charge in [0.2, 0.25) is 0 Å². The van der Waals surface area contributed by atoms with Gasteiger partial charge in [0.1, 0.15) is 16.8 Å². The summed E-state index contributed by atoms with van der Waals surface area (Å²) in [6.07, 6.45) is 1.67. The Balaban J connectivity index is 1.37. The smallest absolute Gasteiger partial charge is 0.265 e. The van der Waals surface area contributed by atoms with Crippen molar-refractivity contribution in [3.63, 3.8) is 0 Å². The Labute approximate surface area is 167 Å². The quantitative estimate of drug-likeness (QED) is 0.673. The molecule has 2 aliphatic rings. The first-order chi connectivity index (χ1) is 13.7. The van der Waals surface area contributed by atoms with Gasteiger partial charge in [-0.05, 0) is 31.2 Å². The van der Waals surface area contributed by atoms with Crippen molar-refractivity contribution in [2.75, 3.05) is 31.1 Å². The summed E-state index contributed by atoms with van der Waals surface area (Å²) >= 11 is 1.49. The number of hydrogen-bond donors (Lipinski definition) is 0. The largest absolute Gasteiger partial charge is 0.468 e. The van der Waals surface area contributed by atoms with Crippen LogP contribution in [0, 0.1) is 6.92 Å². The summed E-state index contributed by atoms with van der Waals surface area (Å²) in [5.41, 5.74) is 1.24. The zero-order valence-corrected chi connectivity index (χ0v) is 16.4. The molecule has 0 aliphatic carbocycles. The van der Waals surface area contributed by atoms with Gasteiger partial charge < -0.3 is 9.32 Å². The lowest BCUT2D eigenvalue weighted by Gasteiger charge is -2.40. The average molecular weight is 395 g/mol. The topological polar surface area (TPSA) is 67.4 Å². The second-order valence-electron chi connectivity index (χ2n) is 7.05. The number of anilines is 1. The number of piperazine rings is 1. The highest BCUT2D eigenvalue weighted by molar-refractivity contribution is 8.00. The van der Waals surface area contributed by atoms with Gasteiger partial charge in [-0.1, -0.05) is 30.0 Å². The molecule has 0 N–H and O–H groups in total. The molecule has 144 valence electrons. The second kappa shape index (κ2) is 7.10. The average Bonchev–Trinajstić information content (AvgIpc) is 3.43. The third-order valence-electron chi connectivity index (χ3n) is 5.32. The molecule has 7 nitrogen and oxygen atoms in total. The standard InChI is InChI=1S/C20H21N5O2S/c1-14-21-20-25(22-14)19(26)18(28-20)17(16-8-5-13-27-16)24-11-9-23(10-12-24)15-6-3-2-4-7-15/h2-8,13,17-18H,9-12H2,1H3. The van der Waals surface area contributed by atoms with Crippen molar-refractivity contribution in [1.82, 2.24) is 19.7 Å². The van der Waals surface area contributed by atoms with E-state index in [1.165, 1.54) is 22.1 Å². The molecule has 2 aliphatic heterocycles. The lowest BCUT2D eigenvalue weighted by Crippen LogP contribution is -2.50. The van der Waals surface area contributed by atoms with Crippen molar-refractivity contribution in [1.29, 1.82) is 0 Å². The van der Waals surface area contributed by atoms with Crippen molar-refractivity contribution in [2.45, 2.75) is 23.4 Å². The van der Waals surface area contributed by atoms with Crippen LogP contribution in [-0.4, -0.2) is 57.0 Å². The van der Waals surface area contributed by atoms with Gasteiger partial charge >= 0.3 is 0 Å². The van der Waals surface area contributed by atoms with Crippen molar-refractivity contribution >= 4 is 23.4 Å². The first-order valence-corrected chi connectivity index (χ1v) is 10.3. The van der Waals surface area contributed by atoms with Crippen LogP contribution in [0.2, 0.25) is 0 Å². The fourth-order valence-electron chi connectivity index (χ4n) is 3.98. The monoisotopic (exact) mass is 395 g/mol. The van der Waals surface area contributed by atoms with Crippen LogP contribution in [0.5, 0.6) is 0 Å². The number of thioether (sulfide) groups is 1. The molecular weight excluding hydrogens is 374 g/mol. The minimum absolute atomic E-state index is 0.0208. The van der Waals surface area contributed by atoms with Crippen LogP contribution in [0.1, 0.15) is 22.4 Å². The lowest BCUT2D eigenvalue weighted by molar-refractivity contribution is 0.0813. The van der Waals surface area contributed by atoms with E-state index in [0.29, 0.717) is 11.0 Å². The molecule has 28 heavy (non-hydrogen) atoms.